The van der Waals surface area contributed by atoms with Gasteiger partial charge in [0, 0.05) is 38.4 Å². The first-order valence-corrected chi connectivity index (χ1v) is 8.28. The summed E-state index contributed by atoms with van der Waals surface area (Å²) in [6.45, 7) is 1.37. The third-order valence-electron chi connectivity index (χ3n) is 4.19. The van der Waals surface area contributed by atoms with Crippen molar-refractivity contribution in [3.8, 4) is 11.3 Å². The summed E-state index contributed by atoms with van der Waals surface area (Å²) in [5.74, 6) is -0.260. The number of nitrogens with zero attached hydrogens (tertiary/aromatic N) is 2. The van der Waals surface area contributed by atoms with Crippen LogP contribution in [0.5, 0.6) is 0 Å². The summed E-state index contributed by atoms with van der Waals surface area (Å²) in [5.41, 5.74) is 2.63. The summed E-state index contributed by atoms with van der Waals surface area (Å²) in [7, 11) is 1.84. The fraction of sp³-hybridized carbons (Fsp3) is 0.444. The minimum Gasteiger partial charge on any atom is -0.376 e. The fourth-order valence-electron chi connectivity index (χ4n) is 2.94. The predicted molar refractivity (Wildman–Crippen MR) is 88.9 cm³/mol. The van der Waals surface area contributed by atoms with Crippen LogP contribution in [0.15, 0.2) is 30.5 Å². The van der Waals surface area contributed by atoms with Crippen LogP contribution in [0.4, 0.5) is 4.39 Å². The quantitative estimate of drug-likeness (QED) is 0.885. The maximum Gasteiger partial charge on any atom is 0.220 e. The molecule has 1 aliphatic heterocycles. The Labute approximate surface area is 140 Å². The SMILES string of the molecule is Cn1cc(CCC(=O)NC[C@@H]2CCCO2)c(-c2ccc(F)cc2)n1. The van der Waals surface area contributed by atoms with Gasteiger partial charge in [-0.2, -0.15) is 5.10 Å². The largest absolute Gasteiger partial charge is 0.376 e. The number of aryl methyl sites for hydroxylation is 2. The molecule has 1 saturated heterocycles. The molecule has 2 heterocycles. The minimum atomic E-state index is -0.273. The van der Waals surface area contributed by atoms with Gasteiger partial charge in [0.05, 0.1) is 11.8 Å². The molecule has 0 bridgehead atoms. The summed E-state index contributed by atoms with van der Waals surface area (Å²) < 4.78 is 20.3. The van der Waals surface area contributed by atoms with Crippen LogP contribution in [0, 0.1) is 5.82 Å². The summed E-state index contributed by atoms with van der Waals surface area (Å²) in [6, 6.07) is 6.25. The van der Waals surface area contributed by atoms with E-state index < -0.39 is 0 Å². The van der Waals surface area contributed by atoms with Crippen molar-refractivity contribution in [2.75, 3.05) is 13.2 Å². The zero-order valence-corrected chi connectivity index (χ0v) is 13.8. The van der Waals surface area contributed by atoms with E-state index in [2.05, 4.69) is 10.4 Å². The van der Waals surface area contributed by atoms with Gasteiger partial charge in [-0.05, 0) is 49.1 Å². The number of rotatable bonds is 6. The maximum absolute atomic E-state index is 13.1. The third-order valence-corrected chi connectivity index (χ3v) is 4.19. The van der Waals surface area contributed by atoms with Gasteiger partial charge in [0.1, 0.15) is 5.82 Å². The lowest BCUT2D eigenvalue weighted by Crippen LogP contribution is -2.31. The van der Waals surface area contributed by atoms with Crippen LogP contribution in [0.1, 0.15) is 24.8 Å². The maximum atomic E-state index is 13.1. The van der Waals surface area contributed by atoms with Crippen molar-refractivity contribution >= 4 is 5.91 Å². The van der Waals surface area contributed by atoms with Crippen molar-refractivity contribution in [2.24, 2.45) is 7.05 Å². The number of hydrogen-bond donors (Lipinski definition) is 1. The van der Waals surface area contributed by atoms with Gasteiger partial charge in [-0.1, -0.05) is 0 Å². The van der Waals surface area contributed by atoms with Crippen LogP contribution in [0.2, 0.25) is 0 Å². The van der Waals surface area contributed by atoms with Crippen molar-refractivity contribution in [1.82, 2.24) is 15.1 Å². The van der Waals surface area contributed by atoms with Crippen molar-refractivity contribution in [2.45, 2.75) is 31.8 Å². The third kappa shape index (κ3) is 4.20. The van der Waals surface area contributed by atoms with Gasteiger partial charge >= 0.3 is 0 Å². The van der Waals surface area contributed by atoms with Crippen LogP contribution in [-0.2, 0) is 23.0 Å². The first kappa shape index (κ1) is 16.6. The molecule has 0 aliphatic carbocycles. The molecule has 0 saturated carbocycles. The molecule has 1 atom stereocenters. The van der Waals surface area contributed by atoms with Gasteiger partial charge in [-0.25, -0.2) is 4.39 Å². The zero-order chi connectivity index (χ0) is 16.9. The van der Waals surface area contributed by atoms with Crippen molar-refractivity contribution in [3.05, 3.63) is 41.8 Å². The van der Waals surface area contributed by atoms with Gasteiger partial charge in [0.2, 0.25) is 5.91 Å². The predicted octanol–water partition coefficient (Wildman–Crippen LogP) is 2.45. The van der Waals surface area contributed by atoms with Crippen LogP contribution >= 0.6 is 0 Å². The van der Waals surface area contributed by atoms with Crippen LogP contribution in [0.3, 0.4) is 0 Å². The average Bonchev–Trinajstić information content (AvgIpc) is 3.21. The normalized spacial score (nSPS) is 17.2. The molecular weight excluding hydrogens is 309 g/mol. The summed E-state index contributed by atoms with van der Waals surface area (Å²) >= 11 is 0. The molecule has 1 aromatic carbocycles. The van der Waals surface area contributed by atoms with Crippen LogP contribution < -0.4 is 5.32 Å². The van der Waals surface area contributed by atoms with E-state index >= 15 is 0 Å². The van der Waals surface area contributed by atoms with Crippen molar-refractivity contribution < 1.29 is 13.9 Å². The molecule has 6 heteroatoms. The lowest BCUT2D eigenvalue weighted by molar-refractivity contribution is -0.121. The topological polar surface area (TPSA) is 56.2 Å². The van der Waals surface area contributed by atoms with E-state index in [1.165, 1.54) is 12.1 Å². The minimum absolute atomic E-state index is 0.0133. The van der Waals surface area contributed by atoms with E-state index in [-0.39, 0.29) is 17.8 Å². The number of nitrogens with one attached hydrogen (secondary N) is 1. The number of carbonyl (C=O) groups is 1. The molecule has 0 unspecified atom stereocenters. The van der Waals surface area contributed by atoms with Crippen LogP contribution in [-0.4, -0.2) is 34.9 Å². The Morgan fingerprint density at radius 1 is 1.42 bits per heavy atom. The smallest absolute Gasteiger partial charge is 0.220 e. The summed E-state index contributed by atoms with van der Waals surface area (Å²) in [6.07, 6.45) is 5.13. The number of carbonyl (C=O) groups excluding carboxylic acids is 1. The van der Waals surface area contributed by atoms with Gasteiger partial charge in [-0.15, -0.1) is 0 Å². The molecule has 1 N–H and O–H groups in total. The summed E-state index contributed by atoms with van der Waals surface area (Å²) in [4.78, 5) is 12.0. The highest BCUT2D eigenvalue weighted by Gasteiger charge is 2.17. The molecule has 0 radical (unpaired) electrons. The number of amides is 1. The number of benzene rings is 1. The highest BCUT2D eigenvalue weighted by Crippen LogP contribution is 2.23. The average molecular weight is 331 g/mol. The monoisotopic (exact) mass is 331 g/mol. The Bertz CT molecular complexity index is 691. The molecule has 1 aliphatic rings. The summed E-state index contributed by atoms with van der Waals surface area (Å²) in [5, 5.41) is 7.37. The van der Waals surface area contributed by atoms with E-state index in [4.69, 9.17) is 4.74 Å². The first-order valence-electron chi connectivity index (χ1n) is 8.28. The van der Waals surface area contributed by atoms with E-state index in [0.29, 0.717) is 19.4 Å². The molecule has 1 fully saturated rings. The molecule has 2 aromatic rings. The van der Waals surface area contributed by atoms with E-state index in [9.17, 15) is 9.18 Å². The Hall–Kier alpha value is -2.21. The fourth-order valence-corrected chi connectivity index (χ4v) is 2.94. The second kappa shape index (κ2) is 7.57. The first-order chi connectivity index (χ1) is 11.6. The number of halogens is 1. The number of ether oxygens (including phenoxy) is 1. The molecule has 24 heavy (non-hydrogen) atoms. The standard InChI is InChI=1S/C18H22FN3O2/c1-22-12-14(18(21-22)13-4-7-15(19)8-5-13)6-9-17(23)20-11-16-3-2-10-24-16/h4-5,7-8,12,16H,2-3,6,9-11H2,1H3,(H,20,23)/t16-/m0/s1. The van der Waals surface area contributed by atoms with Crippen molar-refractivity contribution in [3.63, 3.8) is 0 Å². The molecule has 0 spiro atoms. The highest BCUT2D eigenvalue weighted by atomic mass is 19.1. The van der Waals surface area contributed by atoms with Gasteiger partial charge in [0.15, 0.2) is 0 Å². The van der Waals surface area contributed by atoms with Gasteiger partial charge in [0.25, 0.3) is 0 Å². The van der Waals surface area contributed by atoms with E-state index in [1.54, 1.807) is 16.8 Å². The second-order valence-electron chi connectivity index (χ2n) is 6.12. The Morgan fingerprint density at radius 2 is 2.21 bits per heavy atom. The molecule has 5 nitrogen and oxygen atoms in total. The molecule has 1 aromatic heterocycles. The lowest BCUT2D eigenvalue weighted by Gasteiger charge is -2.10. The van der Waals surface area contributed by atoms with E-state index in [0.717, 1.165) is 36.3 Å². The molecular formula is C18H22FN3O2. The molecule has 3 rings (SSSR count). The Kier molecular flexibility index (Phi) is 5.25. The van der Waals surface area contributed by atoms with Crippen LogP contribution in [0.25, 0.3) is 11.3 Å². The Balaban J connectivity index is 1.58. The zero-order valence-electron chi connectivity index (χ0n) is 13.8. The van der Waals surface area contributed by atoms with E-state index in [1.807, 2.05) is 13.2 Å². The number of hydrogen-bond acceptors (Lipinski definition) is 3. The number of aromatic nitrogens is 2. The lowest BCUT2D eigenvalue weighted by atomic mass is 10.0. The molecule has 1 amide bonds. The van der Waals surface area contributed by atoms with Crippen molar-refractivity contribution in [1.29, 1.82) is 0 Å². The highest BCUT2D eigenvalue weighted by molar-refractivity contribution is 5.76. The Morgan fingerprint density at radius 3 is 2.92 bits per heavy atom. The molecule has 128 valence electrons. The second-order valence-corrected chi connectivity index (χ2v) is 6.12. The van der Waals surface area contributed by atoms with Gasteiger partial charge in [-0.3, -0.25) is 9.48 Å². The van der Waals surface area contributed by atoms with Gasteiger partial charge < -0.3 is 10.1 Å².